The number of hydrogen-bond donors (Lipinski definition) is 3. The molecule has 4 unspecified atom stereocenters. The van der Waals surface area contributed by atoms with Gasteiger partial charge in [0.1, 0.15) is 5.75 Å². The van der Waals surface area contributed by atoms with Crippen LogP contribution in [0, 0.1) is 5.41 Å². The number of H-pyrrole nitrogens is 1. The minimum atomic E-state index is -1.02. The standard InChI is InChI=1S/C37H42N4O4S/c1-24-5-4-17-36(2)32(14-18-37(36,44)23-46-35-39-34(40-41-35)27-15-19-38-20-16-27)30-13-7-25(21-28(42)10-6-24)22-31(30)33(43)26-8-11-29(45-3)12-9-26/h5,7-9,11-13,15-16,19-20,22,28,32,42,44H,4,6,10,14,17-18,21,23H2,1-3H3,(H,39,40,41). The van der Waals surface area contributed by atoms with Crippen molar-refractivity contribution in [1.29, 1.82) is 0 Å². The molecule has 3 N–H and O–H groups in total. The van der Waals surface area contributed by atoms with E-state index in [1.807, 2.05) is 18.2 Å². The summed E-state index contributed by atoms with van der Waals surface area (Å²) < 4.78 is 5.33. The molecule has 0 radical (unpaired) electrons. The third-order valence-electron chi connectivity index (χ3n) is 10.1. The zero-order valence-corrected chi connectivity index (χ0v) is 27.5. The molecule has 1 fully saturated rings. The van der Waals surface area contributed by atoms with Crippen molar-refractivity contribution >= 4 is 17.5 Å². The smallest absolute Gasteiger partial charge is 0.208 e. The number of benzene rings is 2. The zero-order chi connectivity index (χ0) is 32.3. The van der Waals surface area contributed by atoms with Gasteiger partial charge in [0.25, 0.3) is 0 Å². The van der Waals surface area contributed by atoms with E-state index < -0.39 is 17.1 Å². The second-order valence-corrected chi connectivity index (χ2v) is 13.9. The zero-order valence-electron chi connectivity index (χ0n) is 26.7. The highest BCUT2D eigenvalue weighted by Gasteiger charge is 2.56. The van der Waals surface area contributed by atoms with Crippen LogP contribution in [0.2, 0.25) is 0 Å². The molecule has 2 aromatic heterocycles. The number of aliphatic hydroxyl groups excluding tert-OH is 1. The summed E-state index contributed by atoms with van der Waals surface area (Å²) in [5, 5.41) is 31.5. The predicted molar refractivity (Wildman–Crippen MR) is 180 cm³/mol. The van der Waals surface area contributed by atoms with Crippen molar-refractivity contribution < 1.29 is 19.7 Å². The number of carbonyl (C=O) groups excluding carboxylic acids is 1. The van der Waals surface area contributed by atoms with E-state index in [1.165, 1.54) is 17.3 Å². The van der Waals surface area contributed by atoms with Crippen LogP contribution >= 0.6 is 11.8 Å². The number of methoxy groups -OCH3 is 1. The summed E-state index contributed by atoms with van der Waals surface area (Å²) in [5.41, 5.74) is 3.72. The van der Waals surface area contributed by atoms with Gasteiger partial charge in [-0.25, -0.2) is 4.98 Å². The largest absolute Gasteiger partial charge is 0.497 e. The molecule has 0 aliphatic heterocycles. The number of ether oxygens (including phenoxy) is 1. The molecule has 7 rings (SSSR count). The topological polar surface area (TPSA) is 121 Å². The maximum absolute atomic E-state index is 14.2. The third kappa shape index (κ3) is 6.54. The lowest BCUT2D eigenvalue weighted by molar-refractivity contribution is -0.0422. The van der Waals surface area contributed by atoms with Gasteiger partial charge in [-0.2, -0.15) is 0 Å². The molecule has 3 aliphatic carbocycles. The average Bonchev–Trinajstić information content (AvgIpc) is 3.65. The summed E-state index contributed by atoms with van der Waals surface area (Å²) in [6.45, 7) is 4.32. The SMILES string of the molecule is COc1ccc(C(=O)c2cc3ccc2C2CCC(O)(CSc4n[nH]c(-c5ccncc5)n4)C2(C)CCC=C(C)CCC(O)C3)cc1. The summed E-state index contributed by atoms with van der Waals surface area (Å²) in [5.74, 6) is 1.68. The first-order valence-corrected chi connectivity index (χ1v) is 17.0. The van der Waals surface area contributed by atoms with Gasteiger partial charge >= 0.3 is 0 Å². The molecule has 2 bridgehead atoms. The Kier molecular flexibility index (Phi) is 9.45. The lowest BCUT2D eigenvalue weighted by atomic mass is 9.65. The number of rotatable bonds is 7. The number of hydrogen-bond acceptors (Lipinski definition) is 8. The van der Waals surface area contributed by atoms with Crippen LogP contribution in [0.4, 0.5) is 0 Å². The second-order valence-electron chi connectivity index (χ2n) is 13.0. The summed E-state index contributed by atoms with van der Waals surface area (Å²) in [4.78, 5) is 23.0. The molecule has 240 valence electrons. The van der Waals surface area contributed by atoms with Crippen molar-refractivity contribution in [3.63, 3.8) is 0 Å². The maximum Gasteiger partial charge on any atom is 0.208 e. The lowest BCUT2D eigenvalue weighted by Gasteiger charge is -2.44. The summed E-state index contributed by atoms with van der Waals surface area (Å²) >= 11 is 1.46. The Morgan fingerprint density at radius 1 is 1.09 bits per heavy atom. The summed E-state index contributed by atoms with van der Waals surface area (Å²) in [6.07, 6.45) is 10.1. The molecule has 2 aromatic carbocycles. The van der Waals surface area contributed by atoms with Gasteiger partial charge in [0.2, 0.25) is 5.16 Å². The van der Waals surface area contributed by atoms with Crippen molar-refractivity contribution in [3.05, 3.63) is 101 Å². The van der Waals surface area contributed by atoms with Crippen molar-refractivity contribution in [3.8, 4) is 17.1 Å². The number of thioether (sulfide) groups is 1. The number of fused-ring (bicyclic) bond motifs is 8. The Bertz CT molecular complexity index is 1710. The van der Waals surface area contributed by atoms with E-state index in [9.17, 15) is 15.0 Å². The highest BCUT2D eigenvalue weighted by Crippen LogP contribution is 2.59. The van der Waals surface area contributed by atoms with Crippen LogP contribution in [0.5, 0.6) is 5.75 Å². The van der Waals surface area contributed by atoms with E-state index in [2.05, 4.69) is 52.2 Å². The Morgan fingerprint density at radius 3 is 2.63 bits per heavy atom. The van der Waals surface area contributed by atoms with E-state index in [4.69, 9.17) is 4.74 Å². The van der Waals surface area contributed by atoms with Crippen LogP contribution in [-0.2, 0) is 6.42 Å². The average molecular weight is 639 g/mol. The first-order chi connectivity index (χ1) is 22.2. The number of ketones is 1. The minimum absolute atomic E-state index is 0.0505. The van der Waals surface area contributed by atoms with Crippen LogP contribution in [0.25, 0.3) is 11.4 Å². The quantitative estimate of drug-likeness (QED) is 0.113. The maximum atomic E-state index is 14.2. The molecule has 4 atom stereocenters. The summed E-state index contributed by atoms with van der Waals surface area (Å²) in [6, 6.07) is 17.1. The van der Waals surface area contributed by atoms with Crippen LogP contribution in [0.3, 0.4) is 0 Å². The van der Waals surface area contributed by atoms with Crippen LogP contribution in [-0.4, -0.2) is 60.7 Å². The number of nitrogens with zero attached hydrogens (tertiary/aromatic N) is 3. The number of aromatic amines is 1. The first-order valence-electron chi connectivity index (χ1n) is 16.0. The van der Waals surface area contributed by atoms with Crippen LogP contribution < -0.4 is 4.74 Å². The second kappa shape index (κ2) is 13.5. The highest BCUT2D eigenvalue weighted by molar-refractivity contribution is 7.99. The van der Waals surface area contributed by atoms with E-state index in [0.29, 0.717) is 52.9 Å². The van der Waals surface area contributed by atoms with Gasteiger partial charge < -0.3 is 14.9 Å². The van der Waals surface area contributed by atoms with Gasteiger partial charge in [-0.15, -0.1) is 5.10 Å². The number of carbonyl (C=O) groups is 1. The molecule has 4 aromatic rings. The van der Waals surface area contributed by atoms with Crippen molar-refractivity contribution in [2.45, 2.75) is 81.6 Å². The number of allylic oxidation sites excluding steroid dienone is 2. The monoisotopic (exact) mass is 638 g/mol. The highest BCUT2D eigenvalue weighted by atomic mass is 32.2. The van der Waals surface area contributed by atoms with E-state index >= 15 is 0 Å². The van der Waals surface area contributed by atoms with Crippen LogP contribution in [0.1, 0.15) is 85.3 Å². The normalized spacial score (nSPS) is 25.0. The first kappa shape index (κ1) is 32.2. The number of nitrogens with one attached hydrogen (secondary N) is 1. The molecule has 2 heterocycles. The molecule has 1 saturated carbocycles. The number of pyridine rings is 1. The fourth-order valence-electron chi connectivity index (χ4n) is 7.21. The van der Waals surface area contributed by atoms with Crippen LogP contribution in [0.15, 0.2) is 83.8 Å². The third-order valence-corrected chi connectivity index (χ3v) is 11.2. The predicted octanol–water partition coefficient (Wildman–Crippen LogP) is 6.94. The molecule has 8 nitrogen and oxygen atoms in total. The molecule has 0 saturated heterocycles. The number of aliphatic hydroxyl groups is 2. The van der Waals surface area contributed by atoms with Gasteiger partial charge in [0, 0.05) is 40.3 Å². The van der Waals surface area contributed by atoms with Gasteiger partial charge in [-0.1, -0.05) is 42.5 Å². The van der Waals surface area contributed by atoms with Gasteiger partial charge in [-0.3, -0.25) is 14.9 Å². The van der Waals surface area contributed by atoms with Crippen molar-refractivity contribution in [2.75, 3.05) is 12.9 Å². The van der Waals surface area contributed by atoms with E-state index in [0.717, 1.165) is 42.4 Å². The van der Waals surface area contributed by atoms with Gasteiger partial charge in [0.15, 0.2) is 11.6 Å². The van der Waals surface area contributed by atoms with Crippen molar-refractivity contribution in [1.82, 2.24) is 20.2 Å². The molecule has 3 aliphatic rings. The molecule has 0 amide bonds. The fourth-order valence-corrected chi connectivity index (χ4v) is 8.31. The lowest BCUT2D eigenvalue weighted by Crippen LogP contribution is -2.46. The van der Waals surface area contributed by atoms with Gasteiger partial charge in [-0.05, 0) is 111 Å². The molecule has 0 spiro atoms. The van der Waals surface area contributed by atoms with Crippen molar-refractivity contribution in [2.24, 2.45) is 5.41 Å². The molecular formula is C37H42N4O4S. The Hall–Kier alpha value is -3.79. The Labute approximate surface area is 274 Å². The molecular weight excluding hydrogens is 596 g/mol. The summed E-state index contributed by atoms with van der Waals surface area (Å²) in [7, 11) is 1.61. The Balaban J connectivity index is 1.36. The molecule has 9 heteroatoms. The van der Waals surface area contributed by atoms with Gasteiger partial charge in [0.05, 0.1) is 18.8 Å². The van der Waals surface area contributed by atoms with E-state index in [-0.39, 0.29) is 11.7 Å². The Morgan fingerprint density at radius 2 is 1.87 bits per heavy atom. The fraction of sp³-hybridized carbons (Fsp3) is 0.405. The molecule has 46 heavy (non-hydrogen) atoms. The minimum Gasteiger partial charge on any atom is -0.497 e. The number of aromatic nitrogens is 4. The van der Waals surface area contributed by atoms with E-state index in [1.54, 1.807) is 43.8 Å².